The van der Waals surface area contributed by atoms with Crippen LogP contribution in [0.4, 0.5) is 5.69 Å². The molecule has 0 radical (unpaired) electrons. The van der Waals surface area contributed by atoms with Crippen molar-refractivity contribution in [3.05, 3.63) is 29.8 Å². The van der Waals surface area contributed by atoms with Crippen LogP contribution in [0.5, 0.6) is 0 Å². The van der Waals surface area contributed by atoms with E-state index in [1.54, 1.807) is 6.07 Å². The first-order valence-electron chi connectivity index (χ1n) is 4.45. The summed E-state index contributed by atoms with van der Waals surface area (Å²) in [5.41, 5.74) is 1.67. The van der Waals surface area contributed by atoms with E-state index in [4.69, 9.17) is 0 Å². The van der Waals surface area contributed by atoms with Crippen molar-refractivity contribution in [1.29, 1.82) is 0 Å². The summed E-state index contributed by atoms with van der Waals surface area (Å²) >= 11 is 0. The molecule has 0 saturated heterocycles. The molecule has 84 valence electrons. The van der Waals surface area contributed by atoms with Crippen LogP contribution in [0.1, 0.15) is 10.4 Å². The van der Waals surface area contributed by atoms with Gasteiger partial charge in [0, 0.05) is 6.07 Å². The Morgan fingerprint density at radius 3 is 2.33 bits per heavy atom. The van der Waals surface area contributed by atoms with Gasteiger partial charge in [0.15, 0.2) is 0 Å². The van der Waals surface area contributed by atoms with Gasteiger partial charge in [-0.3, -0.25) is 4.48 Å². The molecule has 0 atom stereocenters. The summed E-state index contributed by atoms with van der Waals surface area (Å²) in [7, 11) is 7.55. The number of carbonyl (C=O) groups excluding carboxylic acids is 1. The zero-order valence-electron chi connectivity index (χ0n) is 9.07. The standard InChI is InChI=1S/C11H16NO2.Sn.4H/c1-12(2,3)10-7-5-6-9(8-10)11(13)14-4;;;;;/h5-8H,1-4H3;;;;;/q+1;;;;;. The van der Waals surface area contributed by atoms with Crippen LogP contribution < -0.4 is 4.48 Å². The van der Waals surface area contributed by atoms with Gasteiger partial charge in [-0.15, -0.1) is 0 Å². The summed E-state index contributed by atoms with van der Waals surface area (Å²) in [5.74, 6) is -0.291. The Kier molecular flexibility index (Phi) is 5.31. The summed E-state index contributed by atoms with van der Waals surface area (Å²) in [4.78, 5) is 11.3. The van der Waals surface area contributed by atoms with Crippen LogP contribution in [0, 0.1) is 0 Å². The van der Waals surface area contributed by atoms with Crippen molar-refractivity contribution in [2.24, 2.45) is 0 Å². The molecule has 1 rings (SSSR count). The number of rotatable bonds is 2. The molecule has 0 spiro atoms. The van der Waals surface area contributed by atoms with Gasteiger partial charge in [-0.25, -0.2) is 4.79 Å². The van der Waals surface area contributed by atoms with E-state index in [0.29, 0.717) is 10.0 Å². The summed E-state index contributed by atoms with van der Waals surface area (Å²) in [5, 5.41) is 0. The first-order chi connectivity index (χ1) is 6.45. The Balaban J connectivity index is 0.00000196. The first kappa shape index (κ1) is 14.4. The number of nitrogens with zero attached hydrogens (tertiary/aromatic N) is 1. The van der Waals surface area contributed by atoms with E-state index < -0.39 is 0 Å². The summed E-state index contributed by atoms with van der Waals surface area (Å²) in [6, 6.07) is 7.47. The third-order valence-electron chi connectivity index (χ3n) is 2.04. The molecule has 0 aliphatic carbocycles. The molecule has 0 heterocycles. The summed E-state index contributed by atoms with van der Waals surface area (Å²) in [6.07, 6.45) is 0. The fourth-order valence-electron chi connectivity index (χ4n) is 1.17. The molecular formula is C11H20NO2Sn+. The Hall–Kier alpha value is -0.551. The zero-order valence-corrected chi connectivity index (χ0v) is 9.07. The molecule has 0 amide bonds. The molecule has 0 N–H and O–H groups in total. The predicted molar refractivity (Wildman–Crippen MR) is 68.7 cm³/mol. The molecule has 1 aromatic carbocycles. The fourth-order valence-corrected chi connectivity index (χ4v) is 1.17. The van der Waals surface area contributed by atoms with Gasteiger partial charge in [0.05, 0.1) is 33.8 Å². The third-order valence-corrected chi connectivity index (χ3v) is 2.04. The van der Waals surface area contributed by atoms with Crippen molar-refractivity contribution < 1.29 is 9.53 Å². The molecule has 0 aliphatic heterocycles. The van der Waals surface area contributed by atoms with Gasteiger partial charge in [0.2, 0.25) is 0 Å². The van der Waals surface area contributed by atoms with E-state index in [0.717, 1.165) is 5.69 Å². The van der Waals surface area contributed by atoms with Crippen LogP contribution in [0.25, 0.3) is 0 Å². The van der Waals surface area contributed by atoms with E-state index >= 15 is 0 Å². The number of hydrogen-bond donors (Lipinski definition) is 0. The van der Waals surface area contributed by atoms with Crippen LogP contribution >= 0.6 is 0 Å². The SMILES string of the molecule is COC(=O)c1cccc([N+](C)(C)C)c1.[SnH4]. The minimum atomic E-state index is -0.291. The average molecular weight is 317 g/mol. The molecule has 15 heavy (non-hydrogen) atoms. The number of methoxy groups -OCH3 is 1. The molecule has 0 fully saturated rings. The number of esters is 1. The zero-order chi connectivity index (χ0) is 10.8. The molecule has 0 bridgehead atoms. The minimum absolute atomic E-state index is 0. The van der Waals surface area contributed by atoms with Gasteiger partial charge in [0.25, 0.3) is 0 Å². The topological polar surface area (TPSA) is 26.3 Å². The molecule has 0 aliphatic rings. The van der Waals surface area contributed by atoms with Crippen molar-refractivity contribution in [2.45, 2.75) is 0 Å². The Morgan fingerprint density at radius 2 is 1.87 bits per heavy atom. The van der Waals surface area contributed by atoms with Crippen molar-refractivity contribution in [3.63, 3.8) is 0 Å². The molecule has 0 unspecified atom stereocenters. The molecular weight excluding hydrogens is 297 g/mol. The van der Waals surface area contributed by atoms with Gasteiger partial charge in [-0.05, 0) is 12.1 Å². The monoisotopic (exact) mass is 318 g/mol. The van der Waals surface area contributed by atoms with E-state index in [9.17, 15) is 4.79 Å². The second kappa shape index (κ2) is 5.51. The van der Waals surface area contributed by atoms with Gasteiger partial charge < -0.3 is 4.74 Å². The molecule has 4 heteroatoms. The maximum absolute atomic E-state index is 11.3. The van der Waals surface area contributed by atoms with Crippen molar-refractivity contribution >= 4 is 35.6 Å². The maximum atomic E-state index is 11.3. The normalized spacial score (nSPS) is 10.4. The second-order valence-corrected chi connectivity index (χ2v) is 4.05. The fraction of sp³-hybridized carbons (Fsp3) is 0.364. The second-order valence-electron chi connectivity index (χ2n) is 4.05. The van der Waals surface area contributed by atoms with Gasteiger partial charge in [0.1, 0.15) is 5.69 Å². The van der Waals surface area contributed by atoms with Gasteiger partial charge in [-0.2, -0.15) is 0 Å². The van der Waals surface area contributed by atoms with E-state index in [2.05, 4.69) is 25.9 Å². The summed E-state index contributed by atoms with van der Waals surface area (Å²) < 4.78 is 5.34. The van der Waals surface area contributed by atoms with Crippen molar-refractivity contribution in [3.8, 4) is 0 Å². The molecule has 0 aromatic heterocycles. The molecule has 3 nitrogen and oxygen atoms in total. The van der Waals surface area contributed by atoms with Crippen molar-refractivity contribution in [1.82, 2.24) is 4.48 Å². The Bertz CT molecular complexity index is 345. The third kappa shape index (κ3) is 3.83. The van der Waals surface area contributed by atoms with E-state index in [1.165, 1.54) is 7.11 Å². The Morgan fingerprint density at radius 1 is 1.27 bits per heavy atom. The number of carbonyl (C=O) groups is 1. The average Bonchev–Trinajstić information content (AvgIpc) is 2.15. The van der Waals surface area contributed by atoms with Gasteiger partial charge in [-0.1, -0.05) is 6.07 Å². The number of ether oxygens (including phenoxy) is 1. The molecule has 1 aromatic rings. The summed E-state index contributed by atoms with van der Waals surface area (Å²) in [6.45, 7) is 0. The van der Waals surface area contributed by atoms with Gasteiger partial charge >= 0.3 is 29.9 Å². The van der Waals surface area contributed by atoms with Crippen LogP contribution in [0.15, 0.2) is 24.3 Å². The van der Waals surface area contributed by atoms with Crippen LogP contribution in [0.2, 0.25) is 0 Å². The quantitative estimate of drug-likeness (QED) is 0.443. The van der Waals surface area contributed by atoms with Crippen molar-refractivity contribution in [2.75, 3.05) is 28.3 Å². The van der Waals surface area contributed by atoms with Crippen LogP contribution in [0.3, 0.4) is 0 Å². The number of quaternary nitrogens is 1. The van der Waals surface area contributed by atoms with E-state index in [1.807, 2.05) is 18.2 Å². The van der Waals surface area contributed by atoms with Crippen LogP contribution in [-0.4, -0.2) is 58.1 Å². The predicted octanol–water partition coefficient (Wildman–Crippen LogP) is 0.218. The number of hydrogen-bond acceptors (Lipinski definition) is 2. The Labute approximate surface area is 108 Å². The van der Waals surface area contributed by atoms with Crippen LogP contribution in [-0.2, 0) is 4.74 Å². The van der Waals surface area contributed by atoms with E-state index in [-0.39, 0.29) is 29.9 Å². The first-order valence-corrected chi connectivity index (χ1v) is 4.45. The molecule has 0 saturated carbocycles. The number of benzene rings is 1.